The van der Waals surface area contributed by atoms with E-state index in [0.29, 0.717) is 31.9 Å². The fourth-order valence-electron chi connectivity index (χ4n) is 1.89. The summed E-state index contributed by atoms with van der Waals surface area (Å²) < 4.78 is 5.74. The Morgan fingerprint density at radius 2 is 1.95 bits per heavy atom. The molecule has 120 valence electrons. The summed E-state index contributed by atoms with van der Waals surface area (Å²) in [6, 6.07) is 8.07. The average Bonchev–Trinajstić information content (AvgIpc) is 2.41. The highest BCUT2D eigenvalue weighted by Crippen LogP contribution is 2.25. The van der Waals surface area contributed by atoms with E-state index in [1.165, 1.54) is 5.56 Å². The van der Waals surface area contributed by atoms with Crippen LogP contribution in [0, 0.1) is 0 Å². The van der Waals surface area contributed by atoms with Crippen LogP contribution in [0.15, 0.2) is 24.3 Å². The van der Waals surface area contributed by atoms with Gasteiger partial charge in [-0.2, -0.15) is 0 Å². The topological polar surface area (TPSA) is 64.4 Å². The molecule has 21 heavy (non-hydrogen) atoms. The number of halogens is 1. The molecule has 4 nitrogen and oxygen atoms in total. The maximum atomic E-state index is 11.5. The fourth-order valence-corrected chi connectivity index (χ4v) is 1.89. The molecule has 0 aromatic heterocycles. The van der Waals surface area contributed by atoms with Gasteiger partial charge in [0, 0.05) is 12.5 Å². The summed E-state index contributed by atoms with van der Waals surface area (Å²) in [5, 5.41) is 2.84. The number of carbonyl (C=O) groups is 1. The van der Waals surface area contributed by atoms with E-state index in [0.717, 1.165) is 5.75 Å². The Labute approximate surface area is 133 Å². The number of nitrogens with two attached hydrogens (primary N) is 1. The lowest BCUT2D eigenvalue weighted by molar-refractivity contribution is -0.121. The minimum atomic E-state index is 0. The van der Waals surface area contributed by atoms with E-state index in [4.69, 9.17) is 10.5 Å². The minimum absolute atomic E-state index is 0. The van der Waals surface area contributed by atoms with E-state index in [2.05, 4.69) is 25.2 Å². The Balaban J connectivity index is 0.00000400. The molecule has 1 aromatic carbocycles. The molecule has 0 heterocycles. The van der Waals surface area contributed by atoms with E-state index in [1.807, 2.05) is 25.1 Å². The van der Waals surface area contributed by atoms with Crippen molar-refractivity contribution in [3.8, 4) is 5.75 Å². The molecule has 1 atom stereocenters. The second kappa shape index (κ2) is 10.5. The molecule has 0 saturated heterocycles. The largest absolute Gasteiger partial charge is 0.491 e. The van der Waals surface area contributed by atoms with Gasteiger partial charge in [-0.25, -0.2) is 0 Å². The van der Waals surface area contributed by atoms with E-state index in [-0.39, 0.29) is 24.4 Å². The van der Waals surface area contributed by atoms with Crippen LogP contribution in [0.4, 0.5) is 0 Å². The predicted octanol–water partition coefficient (Wildman–Crippen LogP) is 2.85. The summed E-state index contributed by atoms with van der Waals surface area (Å²) in [5.41, 5.74) is 6.80. The van der Waals surface area contributed by atoms with Crippen molar-refractivity contribution in [1.82, 2.24) is 5.32 Å². The molecular weight excluding hydrogens is 288 g/mol. The maximum absolute atomic E-state index is 11.5. The first-order chi connectivity index (χ1) is 9.50. The SMILES string of the molecule is CC(N)CCC(=O)NCCOc1ccccc1C(C)C.Cl. The van der Waals surface area contributed by atoms with Gasteiger partial charge in [0.2, 0.25) is 5.91 Å². The van der Waals surface area contributed by atoms with Crippen LogP contribution >= 0.6 is 12.4 Å². The molecule has 0 bridgehead atoms. The molecule has 1 rings (SSSR count). The van der Waals surface area contributed by atoms with Crippen molar-refractivity contribution in [2.24, 2.45) is 5.73 Å². The van der Waals surface area contributed by atoms with Crippen molar-refractivity contribution in [2.45, 2.75) is 45.6 Å². The highest BCUT2D eigenvalue weighted by molar-refractivity contribution is 5.85. The van der Waals surface area contributed by atoms with Crippen LogP contribution in [0.1, 0.15) is 45.1 Å². The van der Waals surface area contributed by atoms with Gasteiger partial charge in [0.25, 0.3) is 0 Å². The number of carbonyl (C=O) groups excluding carboxylic acids is 1. The Bertz CT molecular complexity index is 422. The lowest BCUT2D eigenvalue weighted by Gasteiger charge is -2.14. The Hall–Kier alpha value is -1.26. The van der Waals surface area contributed by atoms with Gasteiger partial charge in [0.05, 0.1) is 6.54 Å². The van der Waals surface area contributed by atoms with Gasteiger partial charge in [-0.15, -0.1) is 12.4 Å². The summed E-state index contributed by atoms with van der Waals surface area (Å²) in [6.45, 7) is 7.17. The number of hydrogen-bond acceptors (Lipinski definition) is 3. The van der Waals surface area contributed by atoms with Gasteiger partial charge in [-0.1, -0.05) is 32.0 Å². The molecule has 1 unspecified atom stereocenters. The highest BCUT2D eigenvalue weighted by Gasteiger charge is 2.07. The van der Waals surface area contributed by atoms with E-state index in [1.54, 1.807) is 0 Å². The summed E-state index contributed by atoms with van der Waals surface area (Å²) in [7, 11) is 0. The van der Waals surface area contributed by atoms with Crippen LogP contribution in [0.2, 0.25) is 0 Å². The zero-order valence-electron chi connectivity index (χ0n) is 13.1. The average molecular weight is 315 g/mol. The smallest absolute Gasteiger partial charge is 0.220 e. The molecule has 0 aliphatic heterocycles. The van der Waals surface area contributed by atoms with Gasteiger partial charge in [-0.3, -0.25) is 4.79 Å². The summed E-state index contributed by atoms with van der Waals surface area (Å²) >= 11 is 0. The minimum Gasteiger partial charge on any atom is -0.491 e. The molecule has 0 saturated carbocycles. The van der Waals surface area contributed by atoms with Crippen LogP contribution in [-0.4, -0.2) is 25.1 Å². The van der Waals surface area contributed by atoms with Gasteiger partial charge < -0.3 is 15.8 Å². The predicted molar refractivity (Wildman–Crippen MR) is 89.2 cm³/mol. The van der Waals surface area contributed by atoms with E-state index >= 15 is 0 Å². The van der Waals surface area contributed by atoms with Crippen molar-refractivity contribution in [2.75, 3.05) is 13.2 Å². The number of ether oxygens (including phenoxy) is 1. The fraction of sp³-hybridized carbons (Fsp3) is 0.562. The first kappa shape index (κ1) is 19.7. The van der Waals surface area contributed by atoms with Crippen molar-refractivity contribution >= 4 is 18.3 Å². The third kappa shape index (κ3) is 7.93. The molecule has 0 radical (unpaired) electrons. The second-order valence-corrected chi connectivity index (χ2v) is 5.41. The van der Waals surface area contributed by atoms with E-state index in [9.17, 15) is 4.79 Å². The molecule has 5 heteroatoms. The van der Waals surface area contributed by atoms with Crippen LogP contribution in [0.25, 0.3) is 0 Å². The van der Waals surface area contributed by atoms with Gasteiger partial charge in [0.15, 0.2) is 0 Å². The van der Waals surface area contributed by atoms with Crippen LogP contribution in [-0.2, 0) is 4.79 Å². The third-order valence-corrected chi connectivity index (χ3v) is 3.05. The molecule has 0 aliphatic carbocycles. The molecule has 1 amide bonds. The Kier molecular flexibility index (Phi) is 9.84. The van der Waals surface area contributed by atoms with Crippen molar-refractivity contribution in [1.29, 1.82) is 0 Å². The molecule has 0 fully saturated rings. The summed E-state index contributed by atoms with van der Waals surface area (Å²) in [6.07, 6.45) is 1.18. The standard InChI is InChI=1S/C16H26N2O2.ClH/c1-12(2)14-6-4-5-7-15(14)20-11-10-18-16(19)9-8-13(3)17;/h4-7,12-13H,8-11,17H2,1-3H3,(H,18,19);1H. The van der Waals surface area contributed by atoms with Crippen LogP contribution < -0.4 is 15.8 Å². The van der Waals surface area contributed by atoms with Gasteiger partial charge in [-0.05, 0) is 30.9 Å². The third-order valence-electron chi connectivity index (χ3n) is 3.05. The normalized spacial score (nSPS) is 11.7. The van der Waals surface area contributed by atoms with Crippen molar-refractivity contribution in [3.05, 3.63) is 29.8 Å². The second-order valence-electron chi connectivity index (χ2n) is 5.41. The van der Waals surface area contributed by atoms with Gasteiger partial charge in [0.1, 0.15) is 12.4 Å². The number of benzene rings is 1. The van der Waals surface area contributed by atoms with Crippen molar-refractivity contribution in [3.63, 3.8) is 0 Å². The van der Waals surface area contributed by atoms with Crippen LogP contribution in [0.5, 0.6) is 5.75 Å². The highest BCUT2D eigenvalue weighted by atomic mass is 35.5. The maximum Gasteiger partial charge on any atom is 0.220 e. The molecule has 3 N–H and O–H groups in total. The monoisotopic (exact) mass is 314 g/mol. The van der Waals surface area contributed by atoms with Crippen LogP contribution in [0.3, 0.4) is 0 Å². The Morgan fingerprint density at radius 1 is 1.29 bits per heavy atom. The first-order valence-electron chi connectivity index (χ1n) is 7.24. The molecule has 0 spiro atoms. The molecular formula is C16H27ClN2O2. The zero-order valence-corrected chi connectivity index (χ0v) is 13.9. The summed E-state index contributed by atoms with van der Waals surface area (Å²) in [4.78, 5) is 11.5. The lowest BCUT2D eigenvalue weighted by Crippen LogP contribution is -2.29. The number of rotatable bonds is 8. The number of hydrogen-bond donors (Lipinski definition) is 2. The van der Waals surface area contributed by atoms with E-state index < -0.39 is 0 Å². The number of amides is 1. The quantitative estimate of drug-likeness (QED) is 0.725. The molecule has 1 aromatic rings. The number of nitrogens with one attached hydrogen (secondary N) is 1. The summed E-state index contributed by atoms with van der Waals surface area (Å²) in [5.74, 6) is 1.35. The zero-order chi connectivity index (χ0) is 15.0. The lowest BCUT2D eigenvalue weighted by atomic mass is 10.0. The Morgan fingerprint density at radius 3 is 2.57 bits per heavy atom. The number of para-hydroxylation sites is 1. The van der Waals surface area contributed by atoms with Gasteiger partial charge >= 0.3 is 0 Å². The molecule has 0 aliphatic rings. The first-order valence-corrected chi connectivity index (χ1v) is 7.24. The van der Waals surface area contributed by atoms with Crippen molar-refractivity contribution < 1.29 is 9.53 Å².